The van der Waals surface area contributed by atoms with Crippen molar-refractivity contribution < 1.29 is 4.42 Å². The molecule has 0 atom stereocenters. The maximum absolute atomic E-state index is 6.48. The summed E-state index contributed by atoms with van der Waals surface area (Å²) in [5, 5.41) is 21.5. The van der Waals surface area contributed by atoms with Crippen LogP contribution in [0.5, 0.6) is 0 Å². The molecule has 19 aromatic carbocycles. The lowest BCUT2D eigenvalue weighted by molar-refractivity contribution is 0.670. The largest absolute Gasteiger partial charge is 0.455 e. The van der Waals surface area contributed by atoms with E-state index in [1.165, 1.54) is 134 Å². The summed E-state index contributed by atoms with van der Waals surface area (Å²) >= 11 is 1.83. The van der Waals surface area contributed by atoms with Crippen molar-refractivity contribution in [2.45, 2.75) is 0 Å². The summed E-state index contributed by atoms with van der Waals surface area (Å²) < 4.78 is 18.0. The van der Waals surface area contributed by atoms with Crippen molar-refractivity contribution in [1.29, 1.82) is 0 Å². The first kappa shape index (κ1) is 75.7. The van der Waals surface area contributed by atoms with Gasteiger partial charge in [-0.05, 0) is 170 Å². The molecule has 28 rings (SSSR count). The summed E-state index contributed by atoms with van der Waals surface area (Å²) in [6.45, 7) is 0. The number of rotatable bonds is 10. The summed E-state index contributed by atoms with van der Waals surface area (Å²) in [6.07, 6.45) is 5.61. The molecule has 0 spiro atoms. The lowest BCUT2D eigenvalue weighted by Gasteiger charge is -2.11. The fourth-order valence-electron chi connectivity index (χ4n) is 20.1. The molecule has 0 N–H and O–H groups in total. The van der Waals surface area contributed by atoms with Crippen LogP contribution < -0.4 is 0 Å². The number of thiophene rings is 1. The Labute approximate surface area is 760 Å². The zero-order chi connectivity index (χ0) is 86.9. The van der Waals surface area contributed by atoms with Crippen LogP contribution in [-0.2, 0) is 0 Å². The summed E-state index contributed by atoms with van der Waals surface area (Å²) in [4.78, 5) is 30.0. The summed E-state index contributed by atoms with van der Waals surface area (Å²) in [7, 11) is 0. The third kappa shape index (κ3) is 12.6. The van der Waals surface area contributed by atoms with Gasteiger partial charge in [0.25, 0.3) is 0 Å². The first-order valence-corrected chi connectivity index (χ1v) is 45.2. The highest BCUT2D eigenvalue weighted by Crippen LogP contribution is 2.46. The molecule has 28 aromatic rings. The van der Waals surface area contributed by atoms with Crippen LogP contribution in [0.25, 0.3) is 252 Å². The van der Waals surface area contributed by atoms with Gasteiger partial charge in [-0.1, -0.05) is 315 Å². The zero-order valence-corrected chi connectivity index (χ0v) is 71.8. The van der Waals surface area contributed by atoms with E-state index in [9.17, 15) is 0 Å². The van der Waals surface area contributed by atoms with Gasteiger partial charge < -0.3 is 8.98 Å². The van der Waals surface area contributed by atoms with Gasteiger partial charge >= 0.3 is 0 Å². The Bertz CT molecular complexity index is 9500. The van der Waals surface area contributed by atoms with Crippen LogP contribution in [0.4, 0.5) is 0 Å². The Morgan fingerprint density at radius 1 is 0.212 bits per heavy atom. The summed E-state index contributed by atoms with van der Waals surface area (Å²) in [5.41, 5.74) is 24.8. The van der Waals surface area contributed by atoms with Crippen LogP contribution in [0.3, 0.4) is 0 Å². The third-order valence-electron chi connectivity index (χ3n) is 26.1. The highest BCUT2D eigenvalue weighted by atomic mass is 32.1. The van der Waals surface area contributed by atoms with E-state index in [4.69, 9.17) is 34.3 Å². The molecule has 0 aliphatic heterocycles. The van der Waals surface area contributed by atoms with Crippen LogP contribution in [0.2, 0.25) is 0 Å². The standard InChI is InChI=1S/C44H28N4.C38H23N3O.C38H23N3S/c1-2-14-33(15-3-1)47-40-19-8-7-18-36(40)38-28-31(22-24-42(38)47)30-12-10-13-32(27-30)39-25-26-45-44(46-39)48-41-20-9-6-17-35(41)37-23-21-29-11-4-5-16-34(29)43(37)48;1-2-9-24(10-3-1)27-17-18-36-32(22-27)29-14-8-15-30(37(29)42-36)33-19-20-39-38(40-33)41-34-16-7-6-13-28(34)31-21-25-11-4-5-12-26(25)23-35(31)41;1-2-9-24(10-3-1)26-18-20-35-32(23-26)30-14-8-15-31(37(30)42-35)33-21-22-39-38(40-33)41-34-16-7-6-13-28(34)29-19-17-25-11-4-5-12-27(25)36(29)41/h1-28H;2*1-23H. The molecule has 132 heavy (non-hydrogen) atoms. The predicted molar refractivity (Wildman–Crippen MR) is 549 cm³/mol. The van der Waals surface area contributed by atoms with Gasteiger partial charge in [-0.2, -0.15) is 0 Å². The average molecular weight is 1700 g/mol. The first-order chi connectivity index (χ1) is 65.5. The summed E-state index contributed by atoms with van der Waals surface area (Å²) in [5.74, 6) is 1.98. The van der Waals surface area contributed by atoms with Gasteiger partial charge in [0, 0.05) is 126 Å². The van der Waals surface area contributed by atoms with E-state index >= 15 is 0 Å². The number of furan rings is 1. The van der Waals surface area contributed by atoms with Gasteiger partial charge in [-0.3, -0.25) is 13.7 Å². The maximum Gasteiger partial charge on any atom is 0.235 e. The zero-order valence-electron chi connectivity index (χ0n) is 71.0. The Kier molecular flexibility index (Phi) is 17.9. The Balaban J connectivity index is 0.000000104. The smallest absolute Gasteiger partial charge is 0.235 e. The van der Waals surface area contributed by atoms with E-state index < -0.39 is 0 Å². The average Bonchev–Trinajstić information content (AvgIpc) is 1.59. The Hall–Kier alpha value is -17.6. The number of fused-ring (bicyclic) bond motifs is 23. The minimum atomic E-state index is 0.633. The molecule has 0 aliphatic carbocycles. The molecule has 0 saturated carbocycles. The highest BCUT2D eigenvalue weighted by Gasteiger charge is 2.25. The van der Waals surface area contributed by atoms with Crippen LogP contribution in [0.1, 0.15) is 0 Å². The molecule has 9 heterocycles. The molecule has 0 aliphatic rings. The van der Waals surface area contributed by atoms with Crippen molar-refractivity contribution in [2.24, 2.45) is 0 Å². The van der Waals surface area contributed by atoms with Crippen molar-refractivity contribution in [2.75, 3.05) is 0 Å². The van der Waals surface area contributed by atoms with E-state index in [-0.39, 0.29) is 0 Å². The molecule has 0 unspecified atom stereocenters. The number of benzene rings is 19. The van der Waals surface area contributed by atoms with Crippen LogP contribution in [-0.4, -0.2) is 48.2 Å². The SMILES string of the molecule is c1ccc(-c2ccc3oc4c(-c5ccnc(-n6c7ccccc7c7cc8ccccc8cc76)n5)cccc4c3c2)cc1.c1ccc(-c2ccc3sc4c(-c5ccnc(-n6c7ccccc7c7ccc8ccccc8c76)n5)cccc4c3c2)cc1.c1ccc(-n2c3ccccc3c3cc(-c4cccc(-c5ccnc(-n6c7ccccc7c7ccc8ccccc8c76)n5)c4)ccc32)cc1. The van der Waals surface area contributed by atoms with Crippen molar-refractivity contribution in [1.82, 2.24) is 48.2 Å². The van der Waals surface area contributed by atoms with Gasteiger partial charge in [0.2, 0.25) is 17.8 Å². The molecule has 0 fully saturated rings. The van der Waals surface area contributed by atoms with Gasteiger partial charge in [-0.25, -0.2) is 29.9 Å². The van der Waals surface area contributed by atoms with E-state index in [1.54, 1.807) is 0 Å². The molecule has 0 amide bonds. The normalized spacial score (nSPS) is 11.8. The number of para-hydroxylation sites is 6. The summed E-state index contributed by atoms with van der Waals surface area (Å²) in [6, 6.07) is 152. The molecule has 0 bridgehead atoms. The second-order valence-corrected chi connectivity index (χ2v) is 34.6. The van der Waals surface area contributed by atoms with E-state index in [0.29, 0.717) is 17.8 Å². The fraction of sp³-hybridized carbons (Fsp3) is 0. The Morgan fingerprint density at radius 3 is 1.24 bits per heavy atom. The molecule has 616 valence electrons. The molecule has 9 aromatic heterocycles. The van der Waals surface area contributed by atoms with E-state index in [1.807, 2.05) is 54.2 Å². The maximum atomic E-state index is 6.48. The first-order valence-electron chi connectivity index (χ1n) is 44.4. The van der Waals surface area contributed by atoms with Gasteiger partial charge in [0.15, 0.2) is 0 Å². The van der Waals surface area contributed by atoms with Crippen LogP contribution in [0, 0.1) is 0 Å². The Morgan fingerprint density at radius 2 is 0.621 bits per heavy atom. The minimum Gasteiger partial charge on any atom is -0.455 e. The van der Waals surface area contributed by atoms with E-state index in [2.05, 4.69) is 425 Å². The van der Waals surface area contributed by atoms with Crippen LogP contribution >= 0.6 is 11.3 Å². The van der Waals surface area contributed by atoms with Crippen molar-refractivity contribution in [3.05, 3.63) is 449 Å². The molecular formula is C120H74N10OS. The van der Waals surface area contributed by atoms with Crippen molar-refractivity contribution >= 4 is 173 Å². The molecule has 11 nitrogen and oxygen atoms in total. The quantitative estimate of drug-likeness (QED) is 0.134. The van der Waals surface area contributed by atoms with Crippen molar-refractivity contribution in [3.8, 4) is 90.7 Å². The number of hydrogen-bond acceptors (Lipinski definition) is 8. The van der Waals surface area contributed by atoms with Crippen molar-refractivity contribution in [3.63, 3.8) is 0 Å². The molecule has 0 saturated heterocycles. The van der Waals surface area contributed by atoms with E-state index in [0.717, 1.165) is 100 Å². The van der Waals surface area contributed by atoms with Crippen LogP contribution in [0.15, 0.2) is 454 Å². The second kappa shape index (κ2) is 31.2. The predicted octanol–water partition coefficient (Wildman–Crippen LogP) is 31.5. The fourth-order valence-corrected chi connectivity index (χ4v) is 21.3. The monoisotopic (exact) mass is 1700 g/mol. The topological polar surface area (TPSA) is 110 Å². The lowest BCUT2D eigenvalue weighted by atomic mass is 10.00. The second-order valence-electron chi connectivity index (χ2n) is 33.6. The number of nitrogens with zero attached hydrogens (tertiary/aromatic N) is 10. The minimum absolute atomic E-state index is 0.633. The highest BCUT2D eigenvalue weighted by molar-refractivity contribution is 7.26. The lowest BCUT2D eigenvalue weighted by Crippen LogP contribution is -2.02. The van der Waals surface area contributed by atoms with Gasteiger partial charge in [0.05, 0.1) is 61.2 Å². The van der Waals surface area contributed by atoms with Gasteiger partial charge in [-0.15, -0.1) is 11.3 Å². The third-order valence-corrected chi connectivity index (χ3v) is 27.3. The molecular weight excluding hydrogens is 1630 g/mol. The van der Waals surface area contributed by atoms with Gasteiger partial charge in [0.1, 0.15) is 11.2 Å². The number of aromatic nitrogens is 10. The molecule has 12 heteroatoms. The number of hydrogen-bond donors (Lipinski definition) is 0. The molecule has 0 radical (unpaired) electrons.